The van der Waals surface area contributed by atoms with Gasteiger partial charge in [-0.3, -0.25) is 0 Å². The number of anilines is 1. The Bertz CT molecular complexity index is 561. The largest absolute Gasteiger partial charge is 0.444 e. The van der Waals surface area contributed by atoms with Crippen LogP contribution in [0.2, 0.25) is 0 Å². The van der Waals surface area contributed by atoms with Gasteiger partial charge in [0.05, 0.1) is 12.2 Å². The fourth-order valence-corrected chi connectivity index (χ4v) is 2.81. The van der Waals surface area contributed by atoms with Gasteiger partial charge >= 0.3 is 0 Å². The highest BCUT2D eigenvalue weighted by atomic mass is 16.4. The Balaban J connectivity index is 1.52. The van der Waals surface area contributed by atoms with E-state index in [1.165, 1.54) is 0 Å². The molecule has 1 saturated heterocycles. The van der Waals surface area contributed by atoms with Crippen LogP contribution in [0.15, 0.2) is 35.0 Å². The minimum Gasteiger partial charge on any atom is -0.444 e. The van der Waals surface area contributed by atoms with E-state index in [0.29, 0.717) is 6.04 Å². The number of aryl methyl sites for hydroxylation is 1. The molecule has 1 aliphatic rings. The highest BCUT2D eigenvalue weighted by Gasteiger charge is 2.22. The summed E-state index contributed by atoms with van der Waals surface area (Å²) in [4.78, 5) is 11.1. The maximum Gasteiger partial charge on any atom is 0.211 e. The van der Waals surface area contributed by atoms with Gasteiger partial charge in [0.25, 0.3) is 0 Å². The van der Waals surface area contributed by atoms with Gasteiger partial charge in [0.1, 0.15) is 11.6 Å². The first-order valence-corrected chi connectivity index (χ1v) is 7.57. The second-order valence-electron chi connectivity index (χ2n) is 5.65. The number of nitrogens with zero attached hydrogens (tertiary/aromatic N) is 3. The van der Waals surface area contributed by atoms with Crippen LogP contribution in [0.25, 0.3) is 0 Å². The highest BCUT2D eigenvalue weighted by Crippen LogP contribution is 2.20. The van der Waals surface area contributed by atoms with Crippen LogP contribution in [0.5, 0.6) is 0 Å². The molecule has 0 spiro atoms. The molecule has 1 fully saturated rings. The average molecular weight is 286 g/mol. The molecule has 0 bridgehead atoms. The second-order valence-corrected chi connectivity index (χ2v) is 5.65. The van der Waals surface area contributed by atoms with E-state index in [-0.39, 0.29) is 6.04 Å². The summed E-state index contributed by atoms with van der Waals surface area (Å²) in [5.41, 5.74) is 0. The zero-order chi connectivity index (χ0) is 14.7. The van der Waals surface area contributed by atoms with Crippen molar-refractivity contribution < 1.29 is 4.42 Å². The van der Waals surface area contributed by atoms with Crippen LogP contribution >= 0.6 is 0 Å². The molecule has 1 unspecified atom stereocenters. The monoisotopic (exact) mass is 286 g/mol. The number of hydrogen-bond donors (Lipinski definition) is 1. The molecule has 1 aliphatic heterocycles. The van der Waals surface area contributed by atoms with Gasteiger partial charge in [-0.1, -0.05) is 6.07 Å². The van der Waals surface area contributed by atoms with Crippen molar-refractivity contribution >= 4 is 5.82 Å². The Morgan fingerprint density at radius 2 is 2.10 bits per heavy atom. The lowest BCUT2D eigenvalue weighted by Crippen LogP contribution is -2.43. The lowest BCUT2D eigenvalue weighted by molar-refractivity contribution is 0.335. The van der Waals surface area contributed by atoms with Gasteiger partial charge in [-0.15, -0.1) is 0 Å². The first-order chi connectivity index (χ1) is 10.2. The summed E-state index contributed by atoms with van der Waals surface area (Å²) in [6.07, 6.45) is 5.85. The summed E-state index contributed by atoms with van der Waals surface area (Å²) in [5, 5.41) is 3.62. The van der Waals surface area contributed by atoms with Crippen LogP contribution in [0.3, 0.4) is 0 Å². The lowest BCUT2D eigenvalue weighted by Gasteiger charge is -2.34. The van der Waals surface area contributed by atoms with Crippen molar-refractivity contribution in [3.63, 3.8) is 0 Å². The molecule has 2 aromatic heterocycles. The number of rotatable bonds is 4. The molecular formula is C16H22N4O. The summed E-state index contributed by atoms with van der Waals surface area (Å²) in [5.74, 6) is 2.72. The zero-order valence-electron chi connectivity index (χ0n) is 12.6. The molecule has 2 aromatic rings. The van der Waals surface area contributed by atoms with Crippen molar-refractivity contribution in [2.45, 2.75) is 38.8 Å². The predicted octanol–water partition coefficient (Wildman–Crippen LogP) is 2.70. The third-order valence-corrected chi connectivity index (χ3v) is 3.96. The Hall–Kier alpha value is -1.88. The second kappa shape index (κ2) is 6.26. The minimum absolute atomic E-state index is 0.158. The number of aromatic nitrogens is 2. The van der Waals surface area contributed by atoms with Gasteiger partial charge in [0.2, 0.25) is 5.89 Å². The van der Waals surface area contributed by atoms with Gasteiger partial charge in [-0.25, -0.2) is 9.97 Å². The van der Waals surface area contributed by atoms with E-state index in [9.17, 15) is 0 Å². The molecule has 1 N–H and O–H groups in total. The van der Waals surface area contributed by atoms with Crippen molar-refractivity contribution in [2.75, 3.05) is 18.0 Å². The third kappa shape index (κ3) is 3.42. The standard InChI is InChI=1S/C16H22N4O/c1-12-11-18-16(21-12)13(2)19-14-6-9-20(10-7-14)15-5-3-4-8-17-15/h3-5,8,11,13-14,19H,6-7,9-10H2,1-2H3. The number of hydrogen-bond acceptors (Lipinski definition) is 5. The van der Waals surface area contributed by atoms with Gasteiger partial charge in [0, 0.05) is 25.3 Å². The molecule has 112 valence electrons. The first-order valence-electron chi connectivity index (χ1n) is 7.57. The smallest absolute Gasteiger partial charge is 0.211 e. The van der Waals surface area contributed by atoms with E-state index in [1.807, 2.05) is 25.3 Å². The molecule has 3 heterocycles. The summed E-state index contributed by atoms with van der Waals surface area (Å²) in [6.45, 7) is 6.10. The van der Waals surface area contributed by atoms with Crippen molar-refractivity contribution in [3.05, 3.63) is 42.2 Å². The van der Waals surface area contributed by atoms with Gasteiger partial charge in [-0.2, -0.15) is 0 Å². The topological polar surface area (TPSA) is 54.2 Å². The maximum absolute atomic E-state index is 5.58. The van der Waals surface area contributed by atoms with E-state index < -0.39 is 0 Å². The van der Waals surface area contributed by atoms with Crippen LogP contribution in [0.4, 0.5) is 5.82 Å². The molecule has 0 aliphatic carbocycles. The van der Waals surface area contributed by atoms with Crippen LogP contribution < -0.4 is 10.2 Å². The predicted molar refractivity (Wildman–Crippen MR) is 82.3 cm³/mol. The number of piperidine rings is 1. The van der Waals surface area contributed by atoms with Crippen molar-refractivity contribution in [1.82, 2.24) is 15.3 Å². The SMILES string of the molecule is Cc1cnc(C(C)NC2CCN(c3ccccn3)CC2)o1. The number of nitrogens with one attached hydrogen (secondary N) is 1. The fourth-order valence-electron chi connectivity index (χ4n) is 2.81. The third-order valence-electron chi connectivity index (χ3n) is 3.96. The van der Waals surface area contributed by atoms with Crippen LogP contribution in [-0.4, -0.2) is 29.1 Å². The summed E-state index contributed by atoms with van der Waals surface area (Å²) >= 11 is 0. The van der Waals surface area contributed by atoms with Crippen molar-refractivity contribution in [1.29, 1.82) is 0 Å². The van der Waals surface area contributed by atoms with E-state index >= 15 is 0 Å². The van der Waals surface area contributed by atoms with E-state index in [2.05, 4.69) is 33.2 Å². The molecular weight excluding hydrogens is 264 g/mol. The molecule has 5 heteroatoms. The minimum atomic E-state index is 0.158. The molecule has 3 rings (SSSR count). The maximum atomic E-state index is 5.58. The Morgan fingerprint density at radius 1 is 1.29 bits per heavy atom. The van der Waals surface area contributed by atoms with Crippen molar-refractivity contribution in [3.8, 4) is 0 Å². The summed E-state index contributed by atoms with van der Waals surface area (Å²) < 4.78 is 5.58. The number of oxazole rings is 1. The van der Waals surface area contributed by atoms with Crippen LogP contribution in [0, 0.1) is 6.92 Å². The van der Waals surface area contributed by atoms with Crippen molar-refractivity contribution in [2.24, 2.45) is 0 Å². The molecule has 0 saturated carbocycles. The Labute approximate surface area is 125 Å². The zero-order valence-corrected chi connectivity index (χ0v) is 12.6. The average Bonchev–Trinajstić information content (AvgIpc) is 2.96. The molecule has 0 aromatic carbocycles. The number of pyridine rings is 1. The Kier molecular flexibility index (Phi) is 4.20. The molecule has 21 heavy (non-hydrogen) atoms. The first kappa shape index (κ1) is 14.1. The normalized spacial score (nSPS) is 17.9. The molecule has 0 amide bonds. The molecule has 5 nitrogen and oxygen atoms in total. The molecule has 1 atom stereocenters. The Morgan fingerprint density at radius 3 is 2.71 bits per heavy atom. The van der Waals surface area contributed by atoms with Gasteiger partial charge in [0.15, 0.2) is 0 Å². The van der Waals surface area contributed by atoms with Gasteiger partial charge in [-0.05, 0) is 38.8 Å². The van der Waals surface area contributed by atoms with E-state index in [0.717, 1.165) is 43.4 Å². The summed E-state index contributed by atoms with van der Waals surface area (Å²) in [7, 11) is 0. The fraction of sp³-hybridized carbons (Fsp3) is 0.500. The van der Waals surface area contributed by atoms with E-state index in [4.69, 9.17) is 4.42 Å². The molecule has 0 radical (unpaired) electrons. The lowest BCUT2D eigenvalue weighted by atomic mass is 10.0. The van der Waals surface area contributed by atoms with Gasteiger partial charge < -0.3 is 14.6 Å². The highest BCUT2D eigenvalue weighted by molar-refractivity contribution is 5.38. The van der Waals surface area contributed by atoms with E-state index in [1.54, 1.807) is 6.20 Å². The van der Waals surface area contributed by atoms with Crippen LogP contribution in [-0.2, 0) is 0 Å². The summed E-state index contributed by atoms with van der Waals surface area (Å²) in [6, 6.07) is 6.74. The van der Waals surface area contributed by atoms with Crippen LogP contribution in [0.1, 0.15) is 37.5 Å². The quantitative estimate of drug-likeness (QED) is 0.936.